The first-order chi connectivity index (χ1) is 12.8. The molecule has 0 N–H and O–H groups in total. The summed E-state index contributed by atoms with van der Waals surface area (Å²) in [6.07, 6.45) is 0. The normalized spacial score (nSPS) is 11.4. The first-order valence-corrected chi connectivity index (χ1v) is 10.2. The van der Waals surface area contributed by atoms with Crippen LogP contribution in [0.2, 0.25) is 10.0 Å². The third-order valence-corrected chi connectivity index (χ3v) is 5.22. The molecule has 3 nitrogen and oxygen atoms in total. The van der Waals surface area contributed by atoms with Crippen molar-refractivity contribution in [2.45, 2.75) is 37.1 Å². The Labute approximate surface area is 174 Å². The Hall–Kier alpha value is -1.75. The zero-order valence-corrected chi connectivity index (χ0v) is 17.7. The molecule has 0 atom stereocenters. The van der Waals surface area contributed by atoms with Crippen LogP contribution in [0.4, 0.5) is 0 Å². The summed E-state index contributed by atoms with van der Waals surface area (Å²) in [5, 5.41) is 1.92. The summed E-state index contributed by atoms with van der Waals surface area (Å²) in [4.78, 5) is 9.27. The summed E-state index contributed by atoms with van der Waals surface area (Å²) in [7, 11) is 0. The lowest BCUT2D eigenvalue weighted by molar-refractivity contribution is 0.447. The van der Waals surface area contributed by atoms with Gasteiger partial charge in [0.2, 0.25) is 5.88 Å². The molecule has 0 saturated heterocycles. The van der Waals surface area contributed by atoms with Gasteiger partial charge in [-0.2, -0.15) is 4.98 Å². The van der Waals surface area contributed by atoms with Gasteiger partial charge in [-0.3, -0.25) is 0 Å². The number of ether oxygens (including phenoxy) is 1. The molecular weight excluding hydrogens is 399 g/mol. The molecule has 2 aromatic carbocycles. The second-order valence-electron chi connectivity index (χ2n) is 7.08. The van der Waals surface area contributed by atoms with Gasteiger partial charge in [-0.1, -0.05) is 80.0 Å². The van der Waals surface area contributed by atoms with Crippen LogP contribution in [-0.2, 0) is 11.2 Å². The lowest BCUT2D eigenvalue weighted by Crippen LogP contribution is -2.14. The van der Waals surface area contributed by atoms with E-state index in [4.69, 9.17) is 32.9 Å². The predicted molar refractivity (Wildman–Crippen MR) is 113 cm³/mol. The van der Waals surface area contributed by atoms with E-state index in [9.17, 15) is 0 Å². The summed E-state index contributed by atoms with van der Waals surface area (Å²) in [5.41, 5.74) is 1.89. The van der Waals surface area contributed by atoms with Gasteiger partial charge in [0.15, 0.2) is 5.16 Å². The van der Waals surface area contributed by atoms with Crippen molar-refractivity contribution in [1.82, 2.24) is 9.97 Å². The molecule has 0 bridgehead atoms. The van der Waals surface area contributed by atoms with E-state index in [1.54, 1.807) is 17.8 Å². The first-order valence-electron chi connectivity index (χ1n) is 8.50. The summed E-state index contributed by atoms with van der Waals surface area (Å²) in [6.45, 7) is 6.33. The Morgan fingerprint density at radius 2 is 1.74 bits per heavy atom. The maximum atomic E-state index is 6.21. The average Bonchev–Trinajstić information content (AvgIpc) is 2.61. The number of benzene rings is 2. The molecule has 1 aromatic heterocycles. The summed E-state index contributed by atoms with van der Waals surface area (Å²) in [5.74, 6) is 1.78. The van der Waals surface area contributed by atoms with Crippen molar-refractivity contribution in [2.75, 3.05) is 0 Å². The number of hydrogen-bond acceptors (Lipinski definition) is 4. The van der Waals surface area contributed by atoms with Crippen molar-refractivity contribution in [3.63, 3.8) is 0 Å². The molecule has 140 valence electrons. The van der Waals surface area contributed by atoms with Crippen LogP contribution in [0.1, 0.15) is 32.0 Å². The van der Waals surface area contributed by atoms with E-state index >= 15 is 0 Å². The topological polar surface area (TPSA) is 35.0 Å². The Bertz CT molecular complexity index is 941. The number of rotatable bonds is 5. The average molecular weight is 419 g/mol. The van der Waals surface area contributed by atoms with Crippen LogP contribution in [0.15, 0.2) is 59.8 Å². The molecular formula is C21H20Cl2N2OS. The number of hydrogen-bond donors (Lipinski definition) is 0. The van der Waals surface area contributed by atoms with E-state index in [2.05, 4.69) is 25.8 Å². The van der Waals surface area contributed by atoms with Gasteiger partial charge in [0.1, 0.15) is 5.75 Å². The minimum absolute atomic E-state index is 0.132. The molecule has 0 aliphatic heterocycles. The highest BCUT2D eigenvalue weighted by atomic mass is 35.5. The van der Waals surface area contributed by atoms with Crippen LogP contribution in [0.5, 0.6) is 11.6 Å². The fourth-order valence-electron chi connectivity index (χ4n) is 2.32. The van der Waals surface area contributed by atoms with Gasteiger partial charge in [0.25, 0.3) is 0 Å². The second kappa shape index (κ2) is 8.51. The number of aromatic nitrogens is 2. The summed E-state index contributed by atoms with van der Waals surface area (Å²) in [6, 6.07) is 17.0. The van der Waals surface area contributed by atoms with Gasteiger partial charge in [0.05, 0.1) is 10.7 Å². The Morgan fingerprint density at radius 1 is 0.963 bits per heavy atom. The molecule has 0 spiro atoms. The fourth-order valence-corrected chi connectivity index (χ4v) is 3.50. The molecule has 6 heteroatoms. The van der Waals surface area contributed by atoms with Crippen LogP contribution in [0, 0.1) is 0 Å². The highest BCUT2D eigenvalue weighted by Crippen LogP contribution is 2.32. The van der Waals surface area contributed by atoms with Gasteiger partial charge in [-0.05, 0) is 29.8 Å². The van der Waals surface area contributed by atoms with Crippen molar-refractivity contribution in [1.29, 1.82) is 0 Å². The maximum absolute atomic E-state index is 6.21. The Balaban J connectivity index is 1.87. The molecule has 1 heterocycles. The summed E-state index contributed by atoms with van der Waals surface area (Å²) >= 11 is 13.8. The molecule has 0 fully saturated rings. The zero-order valence-electron chi connectivity index (χ0n) is 15.4. The van der Waals surface area contributed by atoms with Crippen molar-refractivity contribution in [2.24, 2.45) is 0 Å². The Kier molecular flexibility index (Phi) is 6.30. The summed E-state index contributed by atoms with van der Waals surface area (Å²) < 4.78 is 5.94. The molecule has 0 aliphatic carbocycles. The molecule has 0 amide bonds. The van der Waals surface area contributed by atoms with E-state index in [1.807, 2.05) is 48.5 Å². The SMILES string of the molecule is CC(C)(C)c1cc(Oc2ccccc2Cl)nc(SCc2cccc(Cl)c2)n1. The molecule has 0 radical (unpaired) electrons. The lowest BCUT2D eigenvalue weighted by atomic mass is 9.92. The quantitative estimate of drug-likeness (QED) is 0.325. The number of thioether (sulfide) groups is 1. The van der Waals surface area contributed by atoms with Crippen LogP contribution in [0.3, 0.4) is 0 Å². The third-order valence-electron chi connectivity index (χ3n) is 3.76. The van der Waals surface area contributed by atoms with Gasteiger partial charge < -0.3 is 4.74 Å². The number of para-hydroxylation sites is 1. The van der Waals surface area contributed by atoms with Gasteiger partial charge in [-0.15, -0.1) is 0 Å². The lowest BCUT2D eigenvalue weighted by Gasteiger charge is -2.19. The van der Waals surface area contributed by atoms with Gasteiger partial charge in [-0.25, -0.2) is 4.98 Å². The van der Waals surface area contributed by atoms with E-state index < -0.39 is 0 Å². The fraction of sp³-hybridized carbons (Fsp3) is 0.238. The van der Waals surface area contributed by atoms with E-state index in [0.717, 1.165) is 22.0 Å². The van der Waals surface area contributed by atoms with Crippen LogP contribution < -0.4 is 4.74 Å². The minimum atomic E-state index is -0.132. The Morgan fingerprint density at radius 3 is 2.44 bits per heavy atom. The van der Waals surface area contributed by atoms with Gasteiger partial charge in [0, 0.05) is 22.3 Å². The smallest absolute Gasteiger partial charge is 0.223 e. The minimum Gasteiger partial charge on any atom is -0.437 e. The van der Waals surface area contributed by atoms with E-state index in [0.29, 0.717) is 21.8 Å². The first kappa shape index (κ1) is 20.0. The van der Waals surface area contributed by atoms with Crippen molar-refractivity contribution in [3.8, 4) is 11.6 Å². The maximum Gasteiger partial charge on any atom is 0.223 e. The number of halogens is 2. The van der Waals surface area contributed by atoms with Crippen molar-refractivity contribution in [3.05, 3.63) is 75.9 Å². The highest BCUT2D eigenvalue weighted by molar-refractivity contribution is 7.98. The van der Waals surface area contributed by atoms with Crippen LogP contribution in [0.25, 0.3) is 0 Å². The number of nitrogens with zero attached hydrogens (tertiary/aromatic N) is 2. The molecule has 0 aliphatic rings. The van der Waals surface area contributed by atoms with Crippen LogP contribution in [-0.4, -0.2) is 9.97 Å². The molecule has 3 aromatic rings. The highest BCUT2D eigenvalue weighted by Gasteiger charge is 2.19. The molecule has 27 heavy (non-hydrogen) atoms. The zero-order chi connectivity index (χ0) is 19.4. The van der Waals surface area contributed by atoms with E-state index in [1.165, 1.54) is 0 Å². The predicted octanol–water partition coefficient (Wildman–Crippen LogP) is 7.17. The van der Waals surface area contributed by atoms with E-state index in [-0.39, 0.29) is 5.41 Å². The monoisotopic (exact) mass is 418 g/mol. The second-order valence-corrected chi connectivity index (χ2v) is 8.86. The standard InChI is InChI=1S/C21H20Cl2N2OS/c1-21(2,3)18-12-19(26-17-10-5-4-9-16(17)23)25-20(24-18)27-13-14-7-6-8-15(22)11-14/h4-12H,13H2,1-3H3. The molecule has 0 unspecified atom stereocenters. The van der Waals surface area contributed by atoms with Gasteiger partial charge >= 0.3 is 0 Å². The third kappa shape index (κ3) is 5.61. The van der Waals surface area contributed by atoms with Crippen molar-refractivity contribution >= 4 is 35.0 Å². The molecule has 0 saturated carbocycles. The van der Waals surface area contributed by atoms with Crippen LogP contribution >= 0.6 is 35.0 Å². The molecule has 3 rings (SSSR count). The van der Waals surface area contributed by atoms with Crippen molar-refractivity contribution < 1.29 is 4.74 Å². The largest absolute Gasteiger partial charge is 0.437 e.